The van der Waals surface area contributed by atoms with E-state index in [1.165, 1.54) is 10.8 Å². The van der Waals surface area contributed by atoms with Gasteiger partial charge in [-0.3, -0.25) is 9.98 Å². The molecular formula is C24H20N2. The van der Waals surface area contributed by atoms with Gasteiger partial charge in [-0.15, -0.1) is 0 Å². The normalized spacial score (nSPS) is 12.7. The number of aliphatic imine (C=N–C) groups is 2. The molecular weight excluding hydrogens is 316 g/mol. The second-order valence-electron chi connectivity index (χ2n) is 6.39. The Labute approximate surface area is 153 Å². The van der Waals surface area contributed by atoms with Crippen molar-refractivity contribution < 1.29 is 0 Å². The molecule has 126 valence electrons. The Morgan fingerprint density at radius 3 is 1.35 bits per heavy atom. The molecule has 0 N–H and O–H groups in total. The van der Waals surface area contributed by atoms with E-state index in [4.69, 9.17) is 9.98 Å². The Kier molecular flexibility index (Phi) is 4.32. The van der Waals surface area contributed by atoms with E-state index < -0.39 is 0 Å². The molecule has 2 heteroatoms. The van der Waals surface area contributed by atoms with Gasteiger partial charge in [-0.1, -0.05) is 72.8 Å². The molecule has 4 aromatic carbocycles. The van der Waals surface area contributed by atoms with Crippen molar-refractivity contribution in [1.29, 1.82) is 0 Å². The molecule has 0 unspecified atom stereocenters. The van der Waals surface area contributed by atoms with Gasteiger partial charge in [0, 0.05) is 10.8 Å². The van der Waals surface area contributed by atoms with E-state index in [2.05, 4.69) is 60.7 Å². The summed E-state index contributed by atoms with van der Waals surface area (Å²) < 4.78 is 0. The number of fused-ring (bicyclic) bond motifs is 2. The summed E-state index contributed by atoms with van der Waals surface area (Å²) in [5, 5.41) is 4.72. The van der Waals surface area contributed by atoms with Crippen LogP contribution in [0, 0.1) is 0 Å². The van der Waals surface area contributed by atoms with E-state index in [0.717, 1.165) is 33.6 Å². The highest BCUT2D eigenvalue weighted by atomic mass is 14.8. The fourth-order valence-electron chi connectivity index (χ4n) is 3.13. The second kappa shape index (κ2) is 6.93. The molecule has 0 fully saturated rings. The lowest BCUT2D eigenvalue weighted by atomic mass is 10.1. The number of hydrogen-bond donors (Lipinski definition) is 0. The molecule has 26 heavy (non-hydrogen) atoms. The summed E-state index contributed by atoms with van der Waals surface area (Å²) in [5.41, 5.74) is 3.81. The van der Waals surface area contributed by atoms with Gasteiger partial charge in [0.2, 0.25) is 0 Å². The van der Waals surface area contributed by atoms with Crippen molar-refractivity contribution in [3.63, 3.8) is 0 Å². The summed E-state index contributed by atoms with van der Waals surface area (Å²) in [6.45, 7) is 4.04. The van der Waals surface area contributed by atoms with Crippen molar-refractivity contribution in [1.82, 2.24) is 0 Å². The van der Waals surface area contributed by atoms with E-state index in [-0.39, 0.29) is 0 Å². The third-order valence-corrected chi connectivity index (χ3v) is 4.63. The van der Waals surface area contributed by atoms with Crippen LogP contribution < -0.4 is 0 Å². The molecule has 2 nitrogen and oxygen atoms in total. The summed E-state index contributed by atoms with van der Waals surface area (Å²) in [6, 6.07) is 29.1. The van der Waals surface area contributed by atoms with Gasteiger partial charge in [-0.25, -0.2) is 0 Å². The molecule has 0 aliphatic heterocycles. The highest BCUT2D eigenvalue weighted by Gasteiger charge is 2.04. The Bertz CT molecular complexity index is 1050. The summed E-state index contributed by atoms with van der Waals surface area (Å²) in [7, 11) is 0. The quantitative estimate of drug-likeness (QED) is 0.364. The smallest absolute Gasteiger partial charge is 0.0711 e. The predicted molar refractivity (Wildman–Crippen MR) is 113 cm³/mol. The SMILES string of the molecule is CC(=Nc1cccc2ccccc12)C(C)=Nc1cccc2ccccc12. The number of nitrogens with zero attached hydrogens (tertiary/aromatic N) is 2. The maximum Gasteiger partial charge on any atom is 0.0711 e. The van der Waals surface area contributed by atoms with Crippen LogP contribution in [-0.4, -0.2) is 11.4 Å². The Hall–Kier alpha value is -3.26. The van der Waals surface area contributed by atoms with E-state index in [0.29, 0.717) is 0 Å². The van der Waals surface area contributed by atoms with Crippen LogP contribution in [0.5, 0.6) is 0 Å². The molecule has 0 spiro atoms. The maximum absolute atomic E-state index is 4.85. The van der Waals surface area contributed by atoms with Crippen LogP contribution in [0.3, 0.4) is 0 Å². The maximum atomic E-state index is 4.85. The monoisotopic (exact) mass is 336 g/mol. The highest BCUT2D eigenvalue weighted by Crippen LogP contribution is 2.27. The molecule has 0 aromatic heterocycles. The van der Waals surface area contributed by atoms with Gasteiger partial charge in [0.1, 0.15) is 0 Å². The molecule has 0 amide bonds. The Morgan fingerprint density at radius 1 is 0.500 bits per heavy atom. The van der Waals surface area contributed by atoms with E-state index in [1.807, 2.05) is 38.1 Å². The molecule has 0 heterocycles. The highest BCUT2D eigenvalue weighted by molar-refractivity contribution is 6.41. The van der Waals surface area contributed by atoms with Crippen molar-refractivity contribution in [2.75, 3.05) is 0 Å². The molecule has 0 saturated heterocycles. The average molecular weight is 336 g/mol. The lowest BCUT2D eigenvalue weighted by Crippen LogP contribution is -2.04. The predicted octanol–water partition coefficient (Wildman–Crippen LogP) is 6.88. The van der Waals surface area contributed by atoms with Gasteiger partial charge >= 0.3 is 0 Å². The third kappa shape index (κ3) is 3.14. The molecule has 0 aliphatic carbocycles. The Balaban J connectivity index is 1.76. The van der Waals surface area contributed by atoms with Crippen LogP contribution >= 0.6 is 0 Å². The number of benzene rings is 4. The molecule has 0 bridgehead atoms. The largest absolute Gasteiger partial charge is 0.251 e. The summed E-state index contributed by atoms with van der Waals surface area (Å²) in [4.78, 5) is 9.70. The minimum atomic E-state index is 0.925. The van der Waals surface area contributed by atoms with Crippen LogP contribution in [0.15, 0.2) is 94.9 Å². The van der Waals surface area contributed by atoms with E-state index in [9.17, 15) is 0 Å². The van der Waals surface area contributed by atoms with Gasteiger partial charge in [0.05, 0.1) is 22.8 Å². The van der Waals surface area contributed by atoms with Crippen molar-refractivity contribution in [3.8, 4) is 0 Å². The van der Waals surface area contributed by atoms with Gasteiger partial charge in [0.15, 0.2) is 0 Å². The third-order valence-electron chi connectivity index (χ3n) is 4.63. The molecule has 0 atom stereocenters. The minimum absolute atomic E-state index is 0.925. The zero-order valence-electron chi connectivity index (χ0n) is 15.0. The van der Waals surface area contributed by atoms with Crippen molar-refractivity contribution in [2.24, 2.45) is 9.98 Å². The molecule has 4 aromatic rings. The molecule has 0 aliphatic rings. The molecule has 0 radical (unpaired) electrons. The van der Waals surface area contributed by atoms with Gasteiger partial charge < -0.3 is 0 Å². The van der Waals surface area contributed by atoms with Crippen LogP contribution in [0.1, 0.15) is 13.8 Å². The number of rotatable bonds is 3. The lowest BCUT2D eigenvalue weighted by molar-refractivity contribution is 1.50. The Morgan fingerprint density at radius 2 is 0.885 bits per heavy atom. The fraction of sp³-hybridized carbons (Fsp3) is 0.0833. The van der Waals surface area contributed by atoms with Crippen LogP contribution in [-0.2, 0) is 0 Å². The first-order chi connectivity index (χ1) is 12.7. The molecule has 0 saturated carbocycles. The average Bonchev–Trinajstić information content (AvgIpc) is 2.68. The zero-order chi connectivity index (χ0) is 17.9. The lowest BCUT2D eigenvalue weighted by Gasteiger charge is -2.06. The van der Waals surface area contributed by atoms with E-state index in [1.54, 1.807) is 0 Å². The van der Waals surface area contributed by atoms with Crippen LogP contribution in [0.4, 0.5) is 11.4 Å². The van der Waals surface area contributed by atoms with Crippen molar-refractivity contribution >= 4 is 44.3 Å². The first-order valence-corrected chi connectivity index (χ1v) is 8.79. The standard InChI is InChI=1S/C24H20N2/c1-17(25-23-15-7-11-19-9-3-5-13-21(19)23)18(2)26-24-16-8-12-20-10-4-6-14-22(20)24/h3-16H,1-2H3. The summed E-state index contributed by atoms with van der Waals surface area (Å²) in [5.74, 6) is 0. The summed E-state index contributed by atoms with van der Waals surface area (Å²) >= 11 is 0. The fourth-order valence-corrected chi connectivity index (χ4v) is 3.13. The van der Waals surface area contributed by atoms with E-state index >= 15 is 0 Å². The van der Waals surface area contributed by atoms with Crippen molar-refractivity contribution in [3.05, 3.63) is 84.9 Å². The van der Waals surface area contributed by atoms with Crippen LogP contribution in [0.25, 0.3) is 21.5 Å². The molecule has 4 rings (SSSR count). The minimum Gasteiger partial charge on any atom is -0.251 e. The first kappa shape index (κ1) is 16.2. The van der Waals surface area contributed by atoms with Gasteiger partial charge in [0.25, 0.3) is 0 Å². The van der Waals surface area contributed by atoms with Gasteiger partial charge in [-0.05, 0) is 36.8 Å². The zero-order valence-corrected chi connectivity index (χ0v) is 15.0. The first-order valence-electron chi connectivity index (χ1n) is 8.79. The van der Waals surface area contributed by atoms with Crippen LogP contribution in [0.2, 0.25) is 0 Å². The van der Waals surface area contributed by atoms with Gasteiger partial charge in [-0.2, -0.15) is 0 Å². The summed E-state index contributed by atoms with van der Waals surface area (Å²) in [6.07, 6.45) is 0. The van der Waals surface area contributed by atoms with Crippen molar-refractivity contribution in [2.45, 2.75) is 13.8 Å². The second-order valence-corrected chi connectivity index (χ2v) is 6.39. The number of hydrogen-bond acceptors (Lipinski definition) is 2. The topological polar surface area (TPSA) is 24.7 Å².